The summed E-state index contributed by atoms with van der Waals surface area (Å²) in [7, 11) is 0. The van der Waals surface area contributed by atoms with Gasteiger partial charge in [-0.3, -0.25) is 0 Å². The normalized spacial score (nSPS) is 13.0. The Bertz CT molecular complexity index is 321. The first-order valence-electron chi connectivity index (χ1n) is 4.50. The zero-order valence-electron chi connectivity index (χ0n) is 8.36. The molecule has 14 heavy (non-hydrogen) atoms. The molecule has 2 heteroatoms. The molecule has 0 unspecified atom stereocenters. The average Bonchev–Trinajstić information content (AvgIpc) is 2.27. The second-order valence-corrected chi connectivity index (χ2v) is 2.93. The summed E-state index contributed by atoms with van der Waals surface area (Å²) in [5.41, 5.74) is 1.50. The molecule has 0 saturated carbocycles. The van der Waals surface area contributed by atoms with Crippen molar-refractivity contribution in [2.45, 2.75) is 13.8 Å². The zero-order valence-corrected chi connectivity index (χ0v) is 8.36. The first kappa shape index (κ1) is 10.4. The van der Waals surface area contributed by atoms with E-state index in [1.54, 1.807) is 50.3 Å². The van der Waals surface area contributed by atoms with Gasteiger partial charge in [0, 0.05) is 11.1 Å². The molecule has 0 heterocycles. The summed E-state index contributed by atoms with van der Waals surface area (Å²) in [4.78, 5) is 0. The van der Waals surface area contributed by atoms with Gasteiger partial charge in [0.2, 0.25) is 0 Å². The Morgan fingerprint density at radius 1 is 0.857 bits per heavy atom. The van der Waals surface area contributed by atoms with Crippen LogP contribution < -0.4 is 0 Å². The van der Waals surface area contributed by atoms with Gasteiger partial charge in [0.1, 0.15) is 11.5 Å². The van der Waals surface area contributed by atoms with Crippen molar-refractivity contribution >= 4 is 11.5 Å². The number of aliphatic hydroxyl groups excluding tert-OH is 2. The van der Waals surface area contributed by atoms with E-state index in [-0.39, 0.29) is 11.5 Å². The molecule has 0 spiro atoms. The van der Waals surface area contributed by atoms with E-state index in [9.17, 15) is 10.2 Å². The van der Waals surface area contributed by atoms with Gasteiger partial charge >= 0.3 is 0 Å². The molecule has 0 bridgehead atoms. The summed E-state index contributed by atoms with van der Waals surface area (Å²) in [6.45, 7) is 3.54. The molecule has 0 aliphatic heterocycles. The molecule has 0 aliphatic carbocycles. The fraction of sp³-hybridized carbons (Fsp3) is 0.167. The van der Waals surface area contributed by atoms with Gasteiger partial charge in [0.15, 0.2) is 0 Å². The van der Waals surface area contributed by atoms with Crippen LogP contribution in [0.5, 0.6) is 0 Å². The SMILES string of the molecule is C/C=C(\O)c1ccc(/C(O)=C/C)cc1. The lowest BCUT2D eigenvalue weighted by Crippen LogP contribution is -1.85. The average molecular weight is 190 g/mol. The monoisotopic (exact) mass is 190 g/mol. The summed E-state index contributed by atoms with van der Waals surface area (Å²) in [6.07, 6.45) is 3.26. The third kappa shape index (κ3) is 2.16. The van der Waals surface area contributed by atoms with E-state index in [4.69, 9.17) is 0 Å². The van der Waals surface area contributed by atoms with Crippen LogP contribution in [-0.4, -0.2) is 10.2 Å². The Hall–Kier alpha value is -1.70. The molecular weight excluding hydrogens is 176 g/mol. The van der Waals surface area contributed by atoms with Crippen LogP contribution in [0.15, 0.2) is 36.4 Å². The van der Waals surface area contributed by atoms with E-state index in [0.29, 0.717) is 0 Å². The first-order chi connectivity index (χ1) is 6.69. The zero-order chi connectivity index (χ0) is 10.6. The summed E-state index contributed by atoms with van der Waals surface area (Å²) in [6, 6.07) is 7.07. The molecule has 1 aromatic rings. The van der Waals surface area contributed by atoms with Crippen molar-refractivity contribution in [1.29, 1.82) is 0 Å². The van der Waals surface area contributed by atoms with Gasteiger partial charge in [-0.15, -0.1) is 0 Å². The molecule has 74 valence electrons. The molecule has 0 fully saturated rings. The Labute approximate surface area is 83.8 Å². The highest BCUT2D eigenvalue weighted by molar-refractivity contribution is 5.63. The lowest BCUT2D eigenvalue weighted by Gasteiger charge is -2.02. The van der Waals surface area contributed by atoms with Gasteiger partial charge in [-0.25, -0.2) is 0 Å². The second-order valence-electron chi connectivity index (χ2n) is 2.93. The standard InChI is InChI=1S/C12H14O2/c1-3-11(13)9-5-7-10(8-6-9)12(14)4-2/h3-8,13-14H,1-2H3/b11-3-,12-4-. The van der Waals surface area contributed by atoms with E-state index in [0.717, 1.165) is 11.1 Å². The van der Waals surface area contributed by atoms with Crippen LogP contribution in [0.1, 0.15) is 25.0 Å². The van der Waals surface area contributed by atoms with Crippen LogP contribution in [0.4, 0.5) is 0 Å². The Kier molecular flexibility index (Phi) is 3.35. The third-order valence-electron chi connectivity index (χ3n) is 2.02. The third-order valence-corrected chi connectivity index (χ3v) is 2.02. The summed E-state index contributed by atoms with van der Waals surface area (Å²) in [5, 5.41) is 18.8. The highest BCUT2D eigenvalue weighted by Crippen LogP contribution is 2.16. The minimum atomic E-state index is 0.247. The number of hydrogen-bond acceptors (Lipinski definition) is 2. The van der Waals surface area contributed by atoms with Crippen LogP contribution in [0, 0.1) is 0 Å². The largest absolute Gasteiger partial charge is 0.508 e. The van der Waals surface area contributed by atoms with Gasteiger partial charge in [-0.2, -0.15) is 0 Å². The molecule has 0 atom stereocenters. The van der Waals surface area contributed by atoms with Crippen LogP contribution in [-0.2, 0) is 0 Å². The molecule has 1 rings (SSSR count). The first-order valence-corrected chi connectivity index (χ1v) is 4.50. The lowest BCUT2D eigenvalue weighted by atomic mass is 10.1. The maximum absolute atomic E-state index is 9.40. The summed E-state index contributed by atoms with van der Waals surface area (Å²) >= 11 is 0. The molecule has 0 radical (unpaired) electrons. The Balaban J connectivity index is 3.01. The van der Waals surface area contributed by atoms with Gasteiger partial charge < -0.3 is 10.2 Å². The minimum absolute atomic E-state index is 0.247. The molecule has 0 aliphatic rings. The molecule has 0 aromatic heterocycles. The number of hydrogen-bond donors (Lipinski definition) is 2. The van der Waals surface area contributed by atoms with Crippen molar-refractivity contribution < 1.29 is 10.2 Å². The number of benzene rings is 1. The molecule has 1 aromatic carbocycles. The van der Waals surface area contributed by atoms with Crippen molar-refractivity contribution in [3.05, 3.63) is 47.5 Å². The maximum Gasteiger partial charge on any atom is 0.118 e. The predicted molar refractivity (Wildman–Crippen MR) is 59.0 cm³/mol. The minimum Gasteiger partial charge on any atom is -0.508 e. The van der Waals surface area contributed by atoms with Crippen molar-refractivity contribution in [2.24, 2.45) is 0 Å². The van der Waals surface area contributed by atoms with Gasteiger partial charge in [0.25, 0.3) is 0 Å². The van der Waals surface area contributed by atoms with Crippen LogP contribution in [0.3, 0.4) is 0 Å². The van der Waals surface area contributed by atoms with Crippen molar-refractivity contribution in [3.8, 4) is 0 Å². The topological polar surface area (TPSA) is 40.5 Å². The quantitative estimate of drug-likeness (QED) is 0.700. The second kappa shape index (κ2) is 4.51. The van der Waals surface area contributed by atoms with Crippen LogP contribution in [0.25, 0.3) is 11.5 Å². The smallest absolute Gasteiger partial charge is 0.118 e. The number of aliphatic hydroxyl groups is 2. The highest BCUT2D eigenvalue weighted by atomic mass is 16.3. The van der Waals surface area contributed by atoms with E-state index < -0.39 is 0 Å². The fourth-order valence-corrected chi connectivity index (χ4v) is 1.15. The van der Waals surface area contributed by atoms with Crippen LogP contribution >= 0.6 is 0 Å². The van der Waals surface area contributed by atoms with Gasteiger partial charge in [-0.1, -0.05) is 24.3 Å². The number of allylic oxidation sites excluding steroid dienone is 2. The molecular formula is C12H14O2. The summed E-state index contributed by atoms with van der Waals surface area (Å²) < 4.78 is 0. The molecule has 0 amide bonds. The molecule has 2 nitrogen and oxygen atoms in total. The number of rotatable bonds is 2. The van der Waals surface area contributed by atoms with Gasteiger partial charge in [-0.05, 0) is 26.0 Å². The maximum atomic E-state index is 9.40. The van der Waals surface area contributed by atoms with Crippen molar-refractivity contribution in [1.82, 2.24) is 0 Å². The van der Waals surface area contributed by atoms with Crippen molar-refractivity contribution in [2.75, 3.05) is 0 Å². The Morgan fingerprint density at radius 2 is 1.14 bits per heavy atom. The predicted octanol–water partition coefficient (Wildman–Crippen LogP) is 3.52. The van der Waals surface area contributed by atoms with E-state index in [1.807, 2.05) is 0 Å². The Morgan fingerprint density at radius 3 is 1.36 bits per heavy atom. The van der Waals surface area contributed by atoms with Crippen molar-refractivity contribution in [3.63, 3.8) is 0 Å². The highest BCUT2D eigenvalue weighted by Gasteiger charge is 1.99. The van der Waals surface area contributed by atoms with E-state index >= 15 is 0 Å². The van der Waals surface area contributed by atoms with E-state index in [2.05, 4.69) is 0 Å². The van der Waals surface area contributed by atoms with E-state index in [1.165, 1.54) is 0 Å². The van der Waals surface area contributed by atoms with Crippen LogP contribution in [0.2, 0.25) is 0 Å². The summed E-state index contributed by atoms with van der Waals surface area (Å²) in [5.74, 6) is 0.494. The fourth-order valence-electron chi connectivity index (χ4n) is 1.15. The molecule has 0 saturated heterocycles. The van der Waals surface area contributed by atoms with Gasteiger partial charge in [0.05, 0.1) is 0 Å². The lowest BCUT2D eigenvalue weighted by molar-refractivity contribution is 0.508. The molecule has 2 N–H and O–H groups in total.